The second-order valence-corrected chi connectivity index (χ2v) is 3.60. The van der Waals surface area contributed by atoms with Crippen molar-refractivity contribution in [3.8, 4) is 11.5 Å². The number of phenolic OH excluding ortho intramolecular Hbond substituents is 1. The first-order valence-electron chi connectivity index (χ1n) is 5.35. The monoisotopic (exact) mass is 247 g/mol. The number of benzene rings is 1. The summed E-state index contributed by atoms with van der Waals surface area (Å²) >= 11 is 0. The van der Waals surface area contributed by atoms with E-state index in [2.05, 4.69) is 15.3 Å². The molecule has 0 saturated carbocycles. The number of aromatic hydroxyl groups is 1. The number of aromatic nitrogens is 2. The van der Waals surface area contributed by atoms with Crippen LogP contribution in [0.3, 0.4) is 0 Å². The van der Waals surface area contributed by atoms with Crippen molar-refractivity contribution in [3.63, 3.8) is 0 Å². The Bertz CT molecular complexity index is 595. The van der Waals surface area contributed by atoms with E-state index in [4.69, 9.17) is 4.74 Å². The highest BCUT2D eigenvalue weighted by Crippen LogP contribution is 2.19. The van der Waals surface area contributed by atoms with Crippen molar-refractivity contribution >= 4 is 5.82 Å². The molecule has 0 bridgehead atoms. The van der Waals surface area contributed by atoms with Gasteiger partial charge in [-0.05, 0) is 6.07 Å². The second-order valence-electron chi connectivity index (χ2n) is 3.60. The molecule has 2 aromatic rings. The van der Waals surface area contributed by atoms with Crippen molar-refractivity contribution in [2.24, 2.45) is 0 Å². The lowest BCUT2D eigenvalue weighted by Crippen LogP contribution is -2.14. The molecular weight excluding hydrogens is 234 g/mol. The van der Waals surface area contributed by atoms with E-state index in [1.165, 1.54) is 13.4 Å². The van der Waals surface area contributed by atoms with Crippen LogP contribution in [-0.4, -0.2) is 22.2 Å². The fourth-order valence-electron chi connectivity index (χ4n) is 1.54. The molecule has 0 atom stereocenters. The van der Waals surface area contributed by atoms with E-state index in [1.807, 2.05) is 6.07 Å². The van der Waals surface area contributed by atoms with Crippen LogP contribution in [-0.2, 0) is 6.54 Å². The SMILES string of the molecule is COc1c(NCc2ccccc2O)nc[nH]c1=O. The molecule has 3 N–H and O–H groups in total. The van der Waals surface area contributed by atoms with Crippen molar-refractivity contribution < 1.29 is 9.84 Å². The minimum absolute atomic E-state index is 0.118. The summed E-state index contributed by atoms with van der Waals surface area (Å²) in [5, 5.41) is 12.6. The zero-order chi connectivity index (χ0) is 13.0. The van der Waals surface area contributed by atoms with Crippen molar-refractivity contribution in [2.45, 2.75) is 6.54 Å². The van der Waals surface area contributed by atoms with E-state index >= 15 is 0 Å². The molecule has 0 saturated heterocycles. The summed E-state index contributed by atoms with van der Waals surface area (Å²) in [6, 6.07) is 6.94. The summed E-state index contributed by atoms with van der Waals surface area (Å²) in [5.41, 5.74) is 0.355. The van der Waals surface area contributed by atoms with Crippen LogP contribution in [0.4, 0.5) is 5.82 Å². The maximum absolute atomic E-state index is 11.4. The molecule has 0 aliphatic heterocycles. The predicted molar refractivity (Wildman–Crippen MR) is 66.8 cm³/mol. The van der Waals surface area contributed by atoms with Gasteiger partial charge in [-0.1, -0.05) is 18.2 Å². The van der Waals surface area contributed by atoms with Crippen molar-refractivity contribution in [1.82, 2.24) is 9.97 Å². The normalized spacial score (nSPS) is 10.1. The van der Waals surface area contributed by atoms with Crippen LogP contribution in [0.1, 0.15) is 5.56 Å². The molecule has 0 unspecified atom stereocenters. The molecule has 0 radical (unpaired) electrons. The van der Waals surface area contributed by atoms with Gasteiger partial charge in [0.25, 0.3) is 5.56 Å². The minimum atomic E-state index is -0.354. The lowest BCUT2D eigenvalue weighted by molar-refractivity contribution is 0.408. The number of anilines is 1. The standard InChI is InChI=1S/C12H13N3O3/c1-18-10-11(14-7-15-12(10)17)13-6-8-4-2-3-5-9(8)16/h2-5,7,16H,6H2,1H3,(H2,13,14,15,17). The van der Waals surface area contributed by atoms with E-state index in [9.17, 15) is 9.90 Å². The van der Waals surface area contributed by atoms with Crippen molar-refractivity contribution in [2.75, 3.05) is 12.4 Å². The van der Waals surface area contributed by atoms with E-state index in [0.29, 0.717) is 17.9 Å². The van der Waals surface area contributed by atoms with Crippen LogP contribution in [0.2, 0.25) is 0 Å². The van der Waals surface area contributed by atoms with Gasteiger partial charge in [0.1, 0.15) is 5.75 Å². The van der Waals surface area contributed by atoms with Crippen molar-refractivity contribution in [3.05, 3.63) is 46.5 Å². The average molecular weight is 247 g/mol. The van der Waals surface area contributed by atoms with E-state index in [-0.39, 0.29) is 17.1 Å². The first kappa shape index (κ1) is 12.0. The number of aromatic amines is 1. The molecule has 1 aromatic heterocycles. The molecule has 0 spiro atoms. The molecule has 0 aliphatic rings. The fourth-order valence-corrected chi connectivity index (χ4v) is 1.54. The molecule has 0 amide bonds. The number of hydrogen-bond donors (Lipinski definition) is 3. The van der Waals surface area contributed by atoms with Crippen LogP contribution in [0.5, 0.6) is 11.5 Å². The Morgan fingerprint density at radius 2 is 2.22 bits per heavy atom. The number of H-pyrrole nitrogens is 1. The van der Waals surface area contributed by atoms with Crippen molar-refractivity contribution in [1.29, 1.82) is 0 Å². The summed E-state index contributed by atoms with van der Waals surface area (Å²) in [7, 11) is 1.40. The predicted octanol–water partition coefficient (Wildman–Crippen LogP) is 1.10. The molecule has 0 fully saturated rings. The van der Waals surface area contributed by atoms with Gasteiger partial charge in [0, 0.05) is 12.1 Å². The molecule has 6 heteroatoms. The average Bonchev–Trinajstić information content (AvgIpc) is 2.38. The summed E-state index contributed by atoms with van der Waals surface area (Å²) in [6.45, 7) is 0.347. The number of nitrogens with one attached hydrogen (secondary N) is 2. The minimum Gasteiger partial charge on any atom is -0.508 e. The van der Waals surface area contributed by atoms with Gasteiger partial charge < -0.3 is 20.1 Å². The maximum atomic E-state index is 11.4. The number of ether oxygens (including phenoxy) is 1. The van der Waals surface area contributed by atoms with Gasteiger partial charge in [-0.3, -0.25) is 4.79 Å². The molecule has 1 heterocycles. The van der Waals surface area contributed by atoms with Crippen LogP contribution in [0, 0.1) is 0 Å². The molecule has 1 aromatic carbocycles. The molecule has 2 rings (SSSR count). The highest BCUT2D eigenvalue weighted by molar-refractivity contribution is 5.49. The Kier molecular flexibility index (Phi) is 3.47. The number of hydrogen-bond acceptors (Lipinski definition) is 5. The lowest BCUT2D eigenvalue weighted by atomic mass is 10.2. The Hall–Kier alpha value is -2.50. The molecule has 18 heavy (non-hydrogen) atoms. The summed E-state index contributed by atoms with van der Waals surface area (Å²) in [5.74, 6) is 0.645. The quantitative estimate of drug-likeness (QED) is 0.753. The summed E-state index contributed by atoms with van der Waals surface area (Å²) < 4.78 is 4.96. The van der Waals surface area contributed by atoms with Gasteiger partial charge in [-0.2, -0.15) is 0 Å². The number of para-hydroxylation sites is 1. The Balaban J connectivity index is 2.19. The number of methoxy groups -OCH3 is 1. The van der Waals surface area contributed by atoms with E-state index < -0.39 is 0 Å². The third kappa shape index (κ3) is 2.42. The van der Waals surface area contributed by atoms with Gasteiger partial charge in [0.15, 0.2) is 5.82 Å². The van der Waals surface area contributed by atoms with Crippen LogP contribution >= 0.6 is 0 Å². The first-order valence-corrected chi connectivity index (χ1v) is 5.35. The zero-order valence-electron chi connectivity index (χ0n) is 9.80. The van der Waals surface area contributed by atoms with Gasteiger partial charge in [0.2, 0.25) is 5.75 Å². The van der Waals surface area contributed by atoms with Gasteiger partial charge >= 0.3 is 0 Å². The zero-order valence-corrected chi connectivity index (χ0v) is 9.80. The van der Waals surface area contributed by atoms with Gasteiger partial charge in [-0.15, -0.1) is 0 Å². The first-order chi connectivity index (χ1) is 8.72. The maximum Gasteiger partial charge on any atom is 0.295 e. The number of nitrogens with zero attached hydrogens (tertiary/aromatic N) is 1. The summed E-state index contributed by atoms with van der Waals surface area (Å²) in [4.78, 5) is 17.8. The highest BCUT2D eigenvalue weighted by Gasteiger charge is 2.08. The molecule has 0 aliphatic carbocycles. The largest absolute Gasteiger partial charge is 0.508 e. The summed E-state index contributed by atoms with van der Waals surface area (Å²) in [6.07, 6.45) is 1.29. The Labute approximate surface area is 103 Å². The topological polar surface area (TPSA) is 87.2 Å². The third-order valence-corrected chi connectivity index (χ3v) is 2.45. The fraction of sp³-hybridized carbons (Fsp3) is 0.167. The smallest absolute Gasteiger partial charge is 0.295 e. The Morgan fingerprint density at radius 1 is 1.44 bits per heavy atom. The number of phenols is 1. The van der Waals surface area contributed by atoms with Crippen LogP contribution < -0.4 is 15.6 Å². The third-order valence-electron chi connectivity index (χ3n) is 2.45. The van der Waals surface area contributed by atoms with Crippen LogP contribution in [0.25, 0.3) is 0 Å². The molecular formula is C12H13N3O3. The molecule has 6 nitrogen and oxygen atoms in total. The second kappa shape index (κ2) is 5.22. The van der Waals surface area contributed by atoms with Gasteiger partial charge in [-0.25, -0.2) is 4.98 Å². The number of rotatable bonds is 4. The van der Waals surface area contributed by atoms with Gasteiger partial charge in [0.05, 0.1) is 13.4 Å². The lowest BCUT2D eigenvalue weighted by Gasteiger charge is -2.09. The Morgan fingerprint density at radius 3 is 2.94 bits per heavy atom. The highest BCUT2D eigenvalue weighted by atomic mass is 16.5. The van der Waals surface area contributed by atoms with E-state index in [0.717, 1.165) is 0 Å². The van der Waals surface area contributed by atoms with E-state index in [1.54, 1.807) is 18.2 Å². The van der Waals surface area contributed by atoms with Crippen LogP contribution in [0.15, 0.2) is 35.4 Å². The molecule has 94 valence electrons.